The Morgan fingerprint density at radius 1 is 1.00 bits per heavy atom. The van der Waals surface area contributed by atoms with Gasteiger partial charge in [0.2, 0.25) is 5.91 Å². The van der Waals surface area contributed by atoms with Crippen LogP contribution in [0.5, 0.6) is 11.5 Å². The van der Waals surface area contributed by atoms with Crippen molar-refractivity contribution in [1.82, 2.24) is 4.90 Å². The second kappa shape index (κ2) is 10.6. The number of rotatable bonds is 9. The molecule has 0 saturated heterocycles. The third kappa shape index (κ3) is 5.64. The van der Waals surface area contributed by atoms with Crippen molar-refractivity contribution in [2.75, 3.05) is 26.1 Å². The van der Waals surface area contributed by atoms with Gasteiger partial charge in [-0.05, 0) is 50.2 Å². The lowest BCUT2D eigenvalue weighted by molar-refractivity contribution is -0.120. The number of carbonyl (C=O) groups excluding carboxylic acids is 1. The molecule has 0 aromatic heterocycles. The summed E-state index contributed by atoms with van der Waals surface area (Å²) in [6.45, 7) is 5.04. The molecule has 0 unspecified atom stereocenters. The molecule has 0 heterocycles. The summed E-state index contributed by atoms with van der Waals surface area (Å²) in [5.41, 5.74) is 3.93. The van der Waals surface area contributed by atoms with Crippen molar-refractivity contribution in [3.8, 4) is 22.6 Å². The molecular formula is C26H30N2O3. The van der Waals surface area contributed by atoms with Crippen molar-refractivity contribution in [3.05, 3.63) is 78.4 Å². The molecular weight excluding hydrogens is 388 g/mol. The normalized spacial score (nSPS) is 11.8. The minimum absolute atomic E-state index is 0.0521. The summed E-state index contributed by atoms with van der Waals surface area (Å²) in [5.74, 6) is 1.37. The van der Waals surface area contributed by atoms with Gasteiger partial charge in [0.05, 0.1) is 19.8 Å². The summed E-state index contributed by atoms with van der Waals surface area (Å²) in [6.07, 6.45) is 0. The Hall–Kier alpha value is -3.31. The van der Waals surface area contributed by atoms with E-state index in [1.165, 1.54) is 0 Å². The molecule has 1 N–H and O–H groups in total. The van der Waals surface area contributed by atoms with Gasteiger partial charge >= 0.3 is 0 Å². The molecule has 3 aromatic carbocycles. The second-order valence-electron chi connectivity index (χ2n) is 7.41. The maximum atomic E-state index is 13.0. The van der Waals surface area contributed by atoms with Gasteiger partial charge in [-0.25, -0.2) is 0 Å². The number of amides is 1. The van der Waals surface area contributed by atoms with Crippen LogP contribution in [-0.2, 0) is 11.3 Å². The molecule has 0 fully saturated rings. The Kier molecular flexibility index (Phi) is 7.68. The molecule has 0 bridgehead atoms. The first-order valence-corrected chi connectivity index (χ1v) is 10.5. The summed E-state index contributed by atoms with van der Waals surface area (Å²) < 4.78 is 11.0. The number of methoxy groups -OCH3 is 1. The largest absolute Gasteiger partial charge is 0.493 e. The SMILES string of the molecule is CCOc1ccc(CN(C)[C@@H](C)C(=O)Nc2ccccc2-c2ccccc2)cc1OC. The molecule has 31 heavy (non-hydrogen) atoms. The summed E-state index contributed by atoms with van der Waals surface area (Å²) in [6, 6.07) is 23.5. The average Bonchev–Trinajstić information content (AvgIpc) is 2.80. The number of anilines is 1. The van der Waals surface area contributed by atoms with Crippen molar-refractivity contribution < 1.29 is 14.3 Å². The van der Waals surface area contributed by atoms with Gasteiger partial charge < -0.3 is 14.8 Å². The smallest absolute Gasteiger partial charge is 0.241 e. The van der Waals surface area contributed by atoms with Crippen molar-refractivity contribution in [3.63, 3.8) is 0 Å². The van der Waals surface area contributed by atoms with Crippen LogP contribution in [0.4, 0.5) is 5.69 Å². The van der Waals surface area contributed by atoms with Gasteiger partial charge in [-0.3, -0.25) is 9.69 Å². The van der Waals surface area contributed by atoms with Crippen molar-refractivity contribution in [1.29, 1.82) is 0 Å². The van der Waals surface area contributed by atoms with Gasteiger partial charge in [0.1, 0.15) is 0 Å². The summed E-state index contributed by atoms with van der Waals surface area (Å²) >= 11 is 0. The minimum atomic E-state index is -0.318. The van der Waals surface area contributed by atoms with Crippen LogP contribution in [0, 0.1) is 0 Å². The Labute approximate surface area is 184 Å². The molecule has 3 rings (SSSR count). The molecule has 5 heteroatoms. The lowest BCUT2D eigenvalue weighted by Crippen LogP contribution is -2.39. The minimum Gasteiger partial charge on any atom is -0.493 e. The molecule has 1 atom stereocenters. The monoisotopic (exact) mass is 418 g/mol. The van der Waals surface area contributed by atoms with E-state index in [1.54, 1.807) is 7.11 Å². The molecule has 1 amide bonds. The van der Waals surface area contributed by atoms with E-state index in [4.69, 9.17) is 9.47 Å². The molecule has 0 aliphatic rings. The number of carbonyl (C=O) groups is 1. The Morgan fingerprint density at radius 3 is 2.42 bits per heavy atom. The van der Waals surface area contributed by atoms with E-state index in [9.17, 15) is 4.79 Å². The first kappa shape index (κ1) is 22.4. The highest BCUT2D eigenvalue weighted by Gasteiger charge is 2.20. The lowest BCUT2D eigenvalue weighted by Gasteiger charge is -2.25. The van der Waals surface area contributed by atoms with E-state index in [-0.39, 0.29) is 11.9 Å². The summed E-state index contributed by atoms with van der Waals surface area (Å²) in [4.78, 5) is 15.0. The highest BCUT2D eigenvalue weighted by molar-refractivity contribution is 5.98. The van der Waals surface area contributed by atoms with Crippen molar-refractivity contribution in [2.45, 2.75) is 26.4 Å². The third-order valence-corrected chi connectivity index (χ3v) is 5.27. The average molecular weight is 419 g/mol. The van der Waals surface area contributed by atoms with E-state index < -0.39 is 0 Å². The summed E-state index contributed by atoms with van der Waals surface area (Å²) in [5, 5.41) is 3.10. The number of nitrogens with one attached hydrogen (secondary N) is 1. The molecule has 0 radical (unpaired) electrons. The molecule has 0 aliphatic carbocycles. The zero-order valence-electron chi connectivity index (χ0n) is 18.6. The second-order valence-corrected chi connectivity index (χ2v) is 7.41. The molecule has 0 aliphatic heterocycles. The van der Waals surface area contributed by atoms with Crippen LogP contribution in [-0.4, -0.2) is 37.6 Å². The first-order chi connectivity index (χ1) is 15.0. The van der Waals surface area contributed by atoms with Crippen LogP contribution in [0.15, 0.2) is 72.8 Å². The van der Waals surface area contributed by atoms with Crippen LogP contribution >= 0.6 is 0 Å². The van der Waals surface area contributed by atoms with Gasteiger partial charge in [-0.1, -0.05) is 54.6 Å². The van der Waals surface area contributed by atoms with Crippen LogP contribution in [0.3, 0.4) is 0 Å². The highest BCUT2D eigenvalue weighted by atomic mass is 16.5. The van der Waals surface area contributed by atoms with Crippen LogP contribution in [0.1, 0.15) is 19.4 Å². The number of likely N-dealkylation sites (N-methyl/N-ethyl adjacent to an activating group) is 1. The zero-order valence-corrected chi connectivity index (χ0v) is 18.6. The Morgan fingerprint density at radius 2 is 1.71 bits per heavy atom. The lowest BCUT2D eigenvalue weighted by atomic mass is 10.0. The molecule has 0 saturated carbocycles. The standard InChI is InChI=1S/C26H30N2O3/c1-5-31-24-16-15-20(17-25(24)30-4)18-28(3)19(2)26(29)27-23-14-10-9-13-22(23)21-11-7-6-8-12-21/h6-17,19H,5,18H2,1-4H3,(H,27,29)/t19-/m0/s1. The first-order valence-electron chi connectivity index (χ1n) is 10.5. The fourth-order valence-electron chi connectivity index (χ4n) is 3.41. The molecule has 3 aromatic rings. The predicted molar refractivity (Wildman–Crippen MR) is 126 cm³/mol. The number of nitrogens with zero attached hydrogens (tertiary/aromatic N) is 1. The zero-order chi connectivity index (χ0) is 22.2. The van der Waals surface area contributed by atoms with Crippen LogP contribution < -0.4 is 14.8 Å². The number of hydrogen-bond donors (Lipinski definition) is 1. The number of hydrogen-bond acceptors (Lipinski definition) is 4. The third-order valence-electron chi connectivity index (χ3n) is 5.27. The van der Waals surface area contributed by atoms with E-state index in [2.05, 4.69) is 5.32 Å². The number of benzene rings is 3. The molecule has 5 nitrogen and oxygen atoms in total. The van der Waals surface area contributed by atoms with Gasteiger partial charge in [-0.15, -0.1) is 0 Å². The fourth-order valence-corrected chi connectivity index (χ4v) is 3.41. The quantitative estimate of drug-likeness (QED) is 0.518. The molecule has 0 spiro atoms. The van der Waals surface area contributed by atoms with E-state index >= 15 is 0 Å². The van der Waals surface area contributed by atoms with Gasteiger partial charge in [-0.2, -0.15) is 0 Å². The Bertz CT molecular complexity index is 1000. The highest BCUT2D eigenvalue weighted by Crippen LogP contribution is 2.29. The van der Waals surface area contributed by atoms with E-state index in [0.717, 1.165) is 28.1 Å². The fraction of sp³-hybridized carbons (Fsp3) is 0.269. The predicted octanol–water partition coefficient (Wildman–Crippen LogP) is 5.22. The van der Waals surface area contributed by atoms with E-state index in [1.807, 2.05) is 98.6 Å². The van der Waals surface area contributed by atoms with Crippen LogP contribution in [0.25, 0.3) is 11.1 Å². The van der Waals surface area contributed by atoms with Crippen LogP contribution in [0.2, 0.25) is 0 Å². The summed E-state index contributed by atoms with van der Waals surface area (Å²) in [7, 11) is 3.57. The van der Waals surface area contributed by atoms with Gasteiger partial charge in [0.25, 0.3) is 0 Å². The number of ether oxygens (including phenoxy) is 2. The Balaban J connectivity index is 1.70. The van der Waals surface area contributed by atoms with Crippen molar-refractivity contribution >= 4 is 11.6 Å². The van der Waals surface area contributed by atoms with E-state index in [0.29, 0.717) is 18.9 Å². The molecule has 162 valence electrons. The van der Waals surface area contributed by atoms with Gasteiger partial charge in [0.15, 0.2) is 11.5 Å². The maximum absolute atomic E-state index is 13.0. The van der Waals surface area contributed by atoms with Crippen molar-refractivity contribution in [2.24, 2.45) is 0 Å². The maximum Gasteiger partial charge on any atom is 0.241 e. The van der Waals surface area contributed by atoms with Gasteiger partial charge in [0, 0.05) is 17.8 Å². The number of para-hydroxylation sites is 1. The topological polar surface area (TPSA) is 50.8 Å².